The molecule has 1 heterocycles. The second kappa shape index (κ2) is 6.66. The third kappa shape index (κ3) is 3.53. The molecule has 0 amide bonds. The zero-order chi connectivity index (χ0) is 18.1. The Balaban J connectivity index is 2.41. The Labute approximate surface area is 142 Å². The predicted molar refractivity (Wildman–Crippen MR) is 91.3 cm³/mol. The highest BCUT2D eigenvalue weighted by molar-refractivity contribution is 6.55. The summed E-state index contributed by atoms with van der Waals surface area (Å²) in [6.45, 7) is 8.18. The summed E-state index contributed by atoms with van der Waals surface area (Å²) in [5, 5.41) is 12.1. The van der Waals surface area contributed by atoms with Crippen molar-refractivity contribution in [1.29, 1.82) is 0 Å². The monoisotopic (exact) mass is 335 g/mol. The Morgan fingerprint density at radius 3 is 2.38 bits per heavy atom. The van der Waals surface area contributed by atoms with Crippen molar-refractivity contribution in [2.45, 2.75) is 38.9 Å². The van der Waals surface area contributed by atoms with Crippen molar-refractivity contribution in [2.75, 3.05) is 13.6 Å². The fourth-order valence-corrected chi connectivity index (χ4v) is 2.43. The molecule has 1 saturated heterocycles. The van der Waals surface area contributed by atoms with Gasteiger partial charge in [0, 0.05) is 12.1 Å². The number of carboxylic acids is 1. The van der Waals surface area contributed by atoms with E-state index in [0.717, 1.165) is 0 Å². The van der Waals surface area contributed by atoms with E-state index >= 15 is 0 Å². The predicted octanol–water partition coefficient (Wildman–Crippen LogP) is 2.76. The average Bonchev–Trinajstić information content (AvgIpc) is 2.68. The first kappa shape index (κ1) is 18.6. The van der Waals surface area contributed by atoms with E-state index in [9.17, 15) is 9.18 Å². The van der Waals surface area contributed by atoms with Crippen molar-refractivity contribution in [3.05, 3.63) is 40.6 Å². The standard InChI is InChI=1S/C17H23BFNO4/c1-16(2)17(3,4)24-18(23-16)12(10-20-5)9-11-7-6-8-13(14(11)19)15(21)22/h6-9,20H,10H2,1-5H3,(H,21,22). The van der Waals surface area contributed by atoms with Crippen molar-refractivity contribution in [2.24, 2.45) is 0 Å². The lowest BCUT2D eigenvalue weighted by molar-refractivity contribution is 0.00578. The molecular formula is C17H23BFNO4. The van der Waals surface area contributed by atoms with Crippen LogP contribution in [-0.4, -0.2) is 43.0 Å². The molecule has 1 fully saturated rings. The highest BCUT2D eigenvalue weighted by atomic mass is 19.1. The Bertz CT molecular complexity index is 657. The lowest BCUT2D eigenvalue weighted by Crippen LogP contribution is -2.41. The third-order valence-electron chi connectivity index (χ3n) is 4.54. The molecule has 7 heteroatoms. The Hall–Kier alpha value is -1.70. The van der Waals surface area contributed by atoms with Crippen molar-refractivity contribution in [3.63, 3.8) is 0 Å². The fraction of sp³-hybridized carbons (Fsp3) is 0.471. The minimum Gasteiger partial charge on any atom is -0.478 e. The average molecular weight is 335 g/mol. The molecule has 0 radical (unpaired) electrons. The number of hydrogen-bond acceptors (Lipinski definition) is 4. The molecule has 0 unspecified atom stereocenters. The summed E-state index contributed by atoms with van der Waals surface area (Å²) in [4.78, 5) is 11.1. The number of carbonyl (C=O) groups is 1. The zero-order valence-electron chi connectivity index (χ0n) is 14.6. The molecular weight excluding hydrogens is 312 g/mol. The molecule has 24 heavy (non-hydrogen) atoms. The van der Waals surface area contributed by atoms with Crippen LogP contribution in [0.1, 0.15) is 43.6 Å². The van der Waals surface area contributed by atoms with Crippen LogP contribution in [0.5, 0.6) is 0 Å². The topological polar surface area (TPSA) is 67.8 Å². The van der Waals surface area contributed by atoms with Gasteiger partial charge in [-0.1, -0.05) is 18.2 Å². The van der Waals surface area contributed by atoms with E-state index < -0.39 is 30.1 Å². The lowest BCUT2D eigenvalue weighted by atomic mass is 9.77. The molecule has 1 aliphatic heterocycles. The van der Waals surface area contributed by atoms with Crippen LogP contribution in [-0.2, 0) is 9.31 Å². The summed E-state index contributed by atoms with van der Waals surface area (Å²) < 4.78 is 26.4. The molecule has 0 saturated carbocycles. The molecule has 0 atom stereocenters. The van der Waals surface area contributed by atoms with Gasteiger partial charge in [-0.25, -0.2) is 9.18 Å². The van der Waals surface area contributed by atoms with Crippen LogP contribution in [0.2, 0.25) is 0 Å². The molecule has 0 bridgehead atoms. The summed E-state index contributed by atoms with van der Waals surface area (Å²) in [7, 11) is 1.14. The SMILES string of the molecule is CNCC(=Cc1cccc(C(=O)O)c1F)B1OC(C)(C)C(C)(C)O1. The van der Waals surface area contributed by atoms with E-state index in [0.29, 0.717) is 12.0 Å². The van der Waals surface area contributed by atoms with Gasteiger partial charge in [0.1, 0.15) is 5.82 Å². The third-order valence-corrected chi connectivity index (χ3v) is 4.54. The highest BCUT2D eigenvalue weighted by Gasteiger charge is 2.52. The zero-order valence-corrected chi connectivity index (χ0v) is 14.6. The summed E-state index contributed by atoms with van der Waals surface area (Å²) in [5.74, 6) is -2.07. The first-order valence-electron chi connectivity index (χ1n) is 7.81. The van der Waals surface area contributed by atoms with Gasteiger partial charge in [-0.2, -0.15) is 0 Å². The van der Waals surface area contributed by atoms with Gasteiger partial charge in [-0.05, 0) is 46.3 Å². The Morgan fingerprint density at radius 2 is 1.88 bits per heavy atom. The van der Waals surface area contributed by atoms with Gasteiger partial charge in [-0.3, -0.25) is 0 Å². The van der Waals surface area contributed by atoms with Gasteiger partial charge in [0.05, 0.1) is 16.8 Å². The summed E-state index contributed by atoms with van der Waals surface area (Å²) in [6, 6.07) is 4.28. The second-order valence-electron chi connectivity index (χ2n) is 6.85. The molecule has 1 aromatic rings. The molecule has 1 aromatic carbocycles. The summed E-state index contributed by atoms with van der Waals surface area (Å²) in [6.07, 6.45) is 1.58. The van der Waals surface area contributed by atoms with Crippen LogP contribution >= 0.6 is 0 Å². The molecule has 2 N–H and O–H groups in total. The van der Waals surface area contributed by atoms with Gasteiger partial charge in [0.15, 0.2) is 0 Å². The van der Waals surface area contributed by atoms with Crippen LogP contribution < -0.4 is 5.32 Å². The normalized spacial score (nSPS) is 19.6. The Kier molecular flexibility index (Phi) is 5.18. The van der Waals surface area contributed by atoms with Crippen LogP contribution in [0, 0.1) is 5.82 Å². The number of nitrogens with one attached hydrogen (secondary N) is 1. The lowest BCUT2D eigenvalue weighted by Gasteiger charge is -2.32. The fourth-order valence-electron chi connectivity index (χ4n) is 2.43. The molecule has 0 spiro atoms. The number of aromatic carboxylic acids is 1. The molecule has 130 valence electrons. The highest BCUT2D eigenvalue weighted by Crippen LogP contribution is 2.38. The summed E-state index contributed by atoms with van der Waals surface area (Å²) in [5.41, 5.74) is -0.494. The maximum atomic E-state index is 14.4. The van der Waals surface area contributed by atoms with Gasteiger partial charge in [-0.15, -0.1) is 0 Å². The van der Waals surface area contributed by atoms with Crippen LogP contribution in [0.4, 0.5) is 4.39 Å². The van der Waals surface area contributed by atoms with E-state index in [1.165, 1.54) is 18.2 Å². The Morgan fingerprint density at radius 1 is 1.29 bits per heavy atom. The van der Waals surface area contributed by atoms with Gasteiger partial charge < -0.3 is 19.7 Å². The molecule has 0 aliphatic carbocycles. The molecule has 2 rings (SSSR count). The number of halogens is 1. The van der Waals surface area contributed by atoms with E-state index in [-0.39, 0.29) is 11.1 Å². The second-order valence-corrected chi connectivity index (χ2v) is 6.85. The first-order chi connectivity index (χ1) is 11.1. The smallest absolute Gasteiger partial charge is 0.478 e. The van der Waals surface area contributed by atoms with Crippen molar-refractivity contribution in [1.82, 2.24) is 5.32 Å². The largest absolute Gasteiger partial charge is 0.491 e. The number of hydrogen-bond donors (Lipinski definition) is 2. The summed E-state index contributed by atoms with van der Waals surface area (Å²) >= 11 is 0. The van der Waals surface area contributed by atoms with E-state index in [1.54, 1.807) is 13.1 Å². The van der Waals surface area contributed by atoms with Crippen LogP contribution in [0.25, 0.3) is 6.08 Å². The minimum absolute atomic E-state index is 0.190. The van der Waals surface area contributed by atoms with Gasteiger partial charge >= 0.3 is 13.1 Å². The number of rotatable bonds is 5. The molecule has 5 nitrogen and oxygen atoms in total. The van der Waals surface area contributed by atoms with E-state index in [1.807, 2.05) is 27.7 Å². The van der Waals surface area contributed by atoms with Crippen molar-refractivity contribution in [3.8, 4) is 0 Å². The van der Waals surface area contributed by atoms with Crippen molar-refractivity contribution < 1.29 is 23.6 Å². The van der Waals surface area contributed by atoms with E-state index in [4.69, 9.17) is 14.4 Å². The number of carboxylic acid groups (broad SMARTS) is 1. The number of benzene rings is 1. The van der Waals surface area contributed by atoms with Gasteiger partial charge in [0.25, 0.3) is 0 Å². The first-order valence-corrected chi connectivity index (χ1v) is 7.81. The van der Waals surface area contributed by atoms with Crippen molar-refractivity contribution >= 4 is 19.2 Å². The molecule has 0 aromatic heterocycles. The molecule has 1 aliphatic rings. The minimum atomic E-state index is -1.30. The van der Waals surface area contributed by atoms with Gasteiger partial charge in [0.2, 0.25) is 0 Å². The maximum absolute atomic E-state index is 14.4. The quantitative estimate of drug-likeness (QED) is 0.810. The maximum Gasteiger partial charge on any atom is 0.491 e. The number of likely N-dealkylation sites (N-methyl/N-ethyl adjacent to an activating group) is 1. The van der Waals surface area contributed by atoms with Crippen LogP contribution in [0.3, 0.4) is 0 Å². The van der Waals surface area contributed by atoms with E-state index in [2.05, 4.69) is 5.32 Å². The van der Waals surface area contributed by atoms with Crippen LogP contribution in [0.15, 0.2) is 23.7 Å².